The van der Waals surface area contributed by atoms with Crippen LogP contribution in [0.1, 0.15) is 13.8 Å². The third-order valence-corrected chi connectivity index (χ3v) is 6.93. The van der Waals surface area contributed by atoms with Crippen molar-refractivity contribution in [2.75, 3.05) is 25.0 Å². The zero-order valence-corrected chi connectivity index (χ0v) is 17.1. The maximum atomic E-state index is 12.5. The highest BCUT2D eigenvalue weighted by atomic mass is 32.2. The van der Waals surface area contributed by atoms with Crippen molar-refractivity contribution in [1.82, 2.24) is 14.3 Å². The van der Waals surface area contributed by atoms with Crippen molar-refractivity contribution in [1.29, 1.82) is 0 Å². The van der Waals surface area contributed by atoms with E-state index in [1.165, 1.54) is 34.1 Å². The van der Waals surface area contributed by atoms with Gasteiger partial charge in [-0.15, -0.1) is 11.3 Å². The Balaban J connectivity index is 1.62. The summed E-state index contributed by atoms with van der Waals surface area (Å²) in [7, 11) is -3.53. The molecule has 2 heterocycles. The molecule has 3 rings (SSSR count). The van der Waals surface area contributed by atoms with Crippen LogP contribution in [-0.2, 0) is 14.8 Å². The topological polar surface area (TPSA) is 101 Å². The molecule has 8 nitrogen and oxygen atoms in total. The van der Waals surface area contributed by atoms with Gasteiger partial charge >= 0.3 is 0 Å². The Labute approximate surface area is 167 Å². The zero-order valence-electron chi connectivity index (χ0n) is 15.5. The van der Waals surface area contributed by atoms with E-state index < -0.39 is 10.0 Å². The molecular formula is C18H20N4O4S2. The first-order chi connectivity index (χ1) is 13.5. The Morgan fingerprint density at radius 3 is 2.54 bits per heavy atom. The van der Waals surface area contributed by atoms with Crippen LogP contribution in [0.5, 0.6) is 5.88 Å². The largest absolute Gasteiger partial charge is 0.467 e. The molecule has 0 aliphatic heterocycles. The molecular weight excluding hydrogens is 400 g/mol. The van der Waals surface area contributed by atoms with Crippen LogP contribution in [-0.4, -0.2) is 48.3 Å². The summed E-state index contributed by atoms with van der Waals surface area (Å²) in [5.41, 5.74) is 0.482. The van der Waals surface area contributed by atoms with Gasteiger partial charge in [0.05, 0.1) is 10.3 Å². The predicted octanol–water partition coefficient (Wildman–Crippen LogP) is 2.74. The van der Waals surface area contributed by atoms with Gasteiger partial charge in [0.15, 0.2) is 6.61 Å². The van der Waals surface area contributed by atoms with Crippen LogP contribution in [0.2, 0.25) is 0 Å². The summed E-state index contributed by atoms with van der Waals surface area (Å²) in [6.45, 7) is 4.15. The van der Waals surface area contributed by atoms with Crippen molar-refractivity contribution in [3.8, 4) is 5.88 Å². The SMILES string of the molecule is CCN(CC)S(=O)(=O)c1ccc(NC(=O)COc2ncnc3sccc23)cc1. The van der Waals surface area contributed by atoms with Crippen LogP contribution in [0, 0.1) is 0 Å². The minimum absolute atomic E-state index is 0.186. The average Bonchev–Trinajstić information content (AvgIpc) is 3.17. The first-order valence-corrected chi connectivity index (χ1v) is 11.0. The second-order valence-electron chi connectivity index (χ2n) is 5.77. The van der Waals surface area contributed by atoms with E-state index in [4.69, 9.17) is 4.74 Å². The Kier molecular flexibility index (Phi) is 6.22. The van der Waals surface area contributed by atoms with Crippen molar-refractivity contribution in [2.24, 2.45) is 0 Å². The van der Waals surface area contributed by atoms with Gasteiger partial charge in [-0.05, 0) is 35.7 Å². The molecule has 10 heteroatoms. The van der Waals surface area contributed by atoms with Gasteiger partial charge in [-0.1, -0.05) is 13.8 Å². The van der Waals surface area contributed by atoms with Crippen molar-refractivity contribution >= 4 is 43.2 Å². The fourth-order valence-corrected chi connectivity index (χ4v) is 4.82. The molecule has 0 aliphatic rings. The molecule has 2 aromatic heterocycles. The zero-order chi connectivity index (χ0) is 20.1. The molecule has 0 spiro atoms. The van der Waals surface area contributed by atoms with Gasteiger partial charge < -0.3 is 10.1 Å². The fourth-order valence-electron chi connectivity index (χ4n) is 2.64. The van der Waals surface area contributed by atoms with Gasteiger partial charge in [0.1, 0.15) is 11.2 Å². The van der Waals surface area contributed by atoms with Crippen LogP contribution in [0.3, 0.4) is 0 Å². The Morgan fingerprint density at radius 1 is 1.14 bits per heavy atom. The number of fused-ring (bicyclic) bond motifs is 1. The molecule has 148 valence electrons. The summed E-state index contributed by atoms with van der Waals surface area (Å²) in [4.78, 5) is 21.3. The molecule has 0 unspecified atom stereocenters. The smallest absolute Gasteiger partial charge is 0.262 e. The number of thiophene rings is 1. The second-order valence-corrected chi connectivity index (χ2v) is 8.60. The number of hydrogen-bond donors (Lipinski definition) is 1. The highest BCUT2D eigenvalue weighted by Crippen LogP contribution is 2.25. The second kappa shape index (κ2) is 8.63. The molecule has 0 fully saturated rings. The number of hydrogen-bond acceptors (Lipinski definition) is 7. The van der Waals surface area contributed by atoms with Gasteiger partial charge in [0, 0.05) is 18.8 Å². The fraction of sp³-hybridized carbons (Fsp3) is 0.278. The van der Waals surface area contributed by atoms with E-state index in [9.17, 15) is 13.2 Å². The molecule has 0 radical (unpaired) electrons. The van der Waals surface area contributed by atoms with Crippen LogP contribution >= 0.6 is 11.3 Å². The highest BCUT2D eigenvalue weighted by molar-refractivity contribution is 7.89. The van der Waals surface area contributed by atoms with E-state index in [-0.39, 0.29) is 17.4 Å². The summed E-state index contributed by atoms with van der Waals surface area (Å²) >= 11 is 1.46. The van der Waals surface area contributed by atoms with Crippen molar-refractivity contribution in [3.05, 3.63) is 42.0 Å². The summed E-state index contributed by atoms with van der Waals surface area (Å²) in [5, 5.41) is 5.31. The number of aromatic nitrogens is 2. The number of rotatable bonds is 8. The van der Waals surface area contributed by atoms with E-state index in [1.807, 2.05) is 11.4 Å². The first kappa shape index (κ1) is 20.2. The number of amides is 1. The first-order valence-electron chi connectivity index (χ1n) is 8.66. The molecule has 0 bridgehead atoms. The van der Waals surface area contributed by atoms with E-state index in [0.717, 1.165) is 10.2 Å². The summed E-state index contributed by atoms with van der Waals surface area (Å²) < 4.78 is 31.8. The van der Waals surface area contributed by atoms with Crippen LogP contribution in [0.25, 0.3) is 10.2 Å². The number of sulfonamides is 1. The van der Waals surface area contributed by atoms with Crippen LogP contribution < -0.4 is 10.1 Å². The number of carbonyl (C=O) groups is 1. The molecule has 0 aliphatic carbocycles. The van der Waals surface area contributed by atoms with E-state index in [0.29, 0.717) is 24.7 Å². The van der Waals surface area contributed by atoms with Gasteiger partial charge in [-0.3, -0.25) is 4.79 Å². The summed E-state index contributed by atoms with van der Waals surface area (Å²) in [6, 6.07) is 7.89. The number of benzene rings is 1. The number of nitrogens with zero attached hydrogens (tertiary/aromatic N) is 3. The lowest BCUT2D eigenvalue weighted by Gasteiger charge is -2.18. The molecule has 1 N–H and O–H groups in total. The van der Waals surface area contributed by atoms with Crippen LogP contribution in [0.15, 0.2) is 46.9 Å². The van der Waals surface area contributed by atoms with Gasteiger partial charge in [0.25, 0.3) is 5.91 Å². The normalized spacial score (nSPS) is 11.7. The van der Waals surface area contributed by atoms with Crippen molar-refractivity contribution in [2.45, 2.75) is 18.7 Å². The quantitative estimate of drug-likeness (QED) is 0.601. The van der Waals surface area contributed by atoms with E-state index in [1.54, 1.807) is 26.0 Å². The maximum Gasteiger partial charge on any atom is 0.262 e. The third-order valence-electron chi connectivity index (χ3n) is 4.05. The van der Waals surface area contributed by atoms with Crippen molar-refractivity contribution < 1.29 is 17.9 Å². The van der Waals surface area contributed by atoms with Gasteiger partial charge in [-0.25, -0.2) is 18.4 Å². The standard InChI is InChI=1S/C18H20N4O4S2/c1-3-22(4-2)28(24,25)14-7-5-13(6-8-14)21-16(23)11-26-17-15-9-10-27-18(15)20-12-19-17/h5-10,12H,3-4,11H2,1-2H3,(H,21,23). The Hall–Kier alpha value is -2.56. The number of anilines is 1. The lowest BCUT2D eigenvalue weighted by molar-refractivity contribution is -0.118. The molecule has 0 atom stereocenters. The lowest BCUT2D eigenvalue weighted by atomic mass is 10.3. The minimum Gasteiger partial charge on any atom is -0.467 e. The van der Waals surface area contributed by atoms with E-state index in [2.05, 4.69) is 15.3 Å². The Bertz CT molecular complexity index is 1060. The molecule has 3 aromatic rings. The molecule has 1 amide bonds. The number of ether oxygens (including phenoxy) is 1. The summed E-state index contributed by atoms with van der Waals surface area (Å²) in [5.74, 6) is -0.0246. The number of nitrogens with one attached hydrogen (secondary N) is 1. The highest BCUT2D eigenvalue weighted by Gasteiger charge is 2.21. The number of carbonyl (C=O) groups excluding carboxylic acids is 1. The lowest BCUT2D eigenvalue weighted by Crippen LogP contribution is -2.30. The van der Waals surface area contributed by atoms with Crippen molar-refractivity contribution in [3.63, 3.8) is 0 Å². The maximum absolute atomic E-state index is 12.5. The molecule has 0 saturated heterocycles. The predicted molar refractivity (Wildman–Crippen MR) is 108 cm³/mol. The minimum atomic E-state index is -3.53. The van der Waals surface area contributed by atoms with E-state index >= 15 is 0 Å². The molecule has 28 heavy (non-hydrogen) atoms. The molecule has 0 saturated carbocycles. The van der Waals surface area contributed by atoms with Gasteiger partial charge in [-0.2, -0.15) is 4.31 Å². The molecule has 1 aromatic carbocycles. The third kappa shape index (κ3) is 4.29. The van der Waals surface area contributed by atoms with Gasteiger partial charge in [0.2, 0.25) is 15.9 Å². The average molecular weight is 421 g/mol. The Morgan fingerprint density at radius 2 is 1.86 bits per heavy atom. The summed E-state index contributed by atoms with van der Waals surface area (Å²) in [6.07, 6.45) is 1.39. The monoisotopic (exact) mass is 420 g/mol. The van der Waals surface area contributed by atoms with Crippen LogP contribution in [0.4, 0.5) is 5.69 Å².